The van der Waals surface area contributed by atoms with Gasteiger partial charge in [-0.2, -0.15) is 0 Å². The third-order valence-corrected chi connectivity index (χ3v) is 5.09. The van der Waals surface area contributed by atoms with Crippen molar-refractivity contribution in [1.82, 2.24) is 0 Å². The molecular formula is C17H34NO+. The molecule has 2 N–H and O–H groups in total. The normalized spacial score (nSPS) is 31.9. The van der Waals surface area contributed by atoms with Crippen molar-refractivity contribution < 1.29 is 10.1 Å². The molecule has 2 aliphatic carbocycles. The van der Waals surface area contributed by atoms with Crippen LogP contribution in [0.5, 0.6) is 0 Å². The van der Waals surface area contributed by atoms with E-state index in [1.165, 1.54) is 45.1 Å². The lowest BCUT2D eigenvalue weighted by Crippen LogP contribution is -2.92. The molecule has 0 radical (unpaired) electrons. The molecule has 2 fully saturated rings. The second kappa shape index (κ2) is 7.64. The number of nitrogens with two attached hydrogens (primary N) is 1. The Morgan fingerprint density at radius 3 is 2.63 bits per heavy atom. The lowest BCUT2D eigenvalue weighted by atomic mass is 9.74. The molecule has 0 aromatic carbocycles. The molecule has 0 aliphatic heterocycles. The van der Waals surface area contributed by atoms with Crippen LogP contribution < -0.4 is 5.32 Å². The van der Waals surface area contributed by atoms with Gasteiger partial charge in [0.25, 0.3) is 0 Å². The summed E-state index contributed by atoms with van der Waals surface area (Å²) < 4.78 is 5.72. The summed E-state index contributed by atoms with van der Waals surface area (Å²) in [6.45, 7) is 10.5. The van der Waals surface area contributed by atoms with Crippen LogP contribution in [0.2, 0.25) is 0 Å². The number of ether oxygens (including phenoxy) is 1. The Bertz CT molecular complexity index is 250. The van der Waals surface area contributed by atoms with Crippen molar-refractivity contribution in [2.24, 2.45) is 23.7 Å². The van der Waals surface area contributed by atoms with Crippen LogP contribution in [0.1, 0.15) is 59.3 Å². The van der Waals surface area contributed by atoms with Crippen LogP contribution in [-0.4, -0.2) is 25.8 Å². The van der Waals surface area contributed by atoms with Crippen LogP contribution in [-0.2, 0) is 4.74 Å². The highest BCUT2D eigenvalue weighted by atomic mass is 16.5. The van der Waals surface area contributed by atoms with E-state index in [2.05, 4.69) is 26.1 Å². The Balaban J connectivity index is 1.58. The molecule has 2 rings (SSSR count). The van der Waals surface area contributed by atoms with E-state index in [0.717, 1.165) is 42.9 Å². The fourth-order valence-electron chi connectivity index (χ4n) is 3.60. The number of quaternary nitrogens is 1. The average molecular weight is 268 g/mol. The zero-order valence-electron chi connectivity index (χ0n) is 13.2. The molecule has 3 atom stereocenters. The maximum atomic E-state index is 5.72. The first kappa shape index (κ1) is 15.3. The molecule has 0 heterocycles. The van der Waals surface area contributed by atoms with Gasteiger partial charge >= 0.3 is 0 Å². The Labute approximate surface area is 119 Å². The van der Waals surface area contributed by atoms with Gasteiger partial charge in [-0.1, -0.05) is 20.8 Å². The van der Waals surface area contributed by atoms with Crippen LogP contribution in [0.25, 0.3) is 0 Å². The van der Waals surface area contributed by atoms with Crippen molar-refractivity contribution in [1.29, 1.82) is 0 Å². The van der Waals surface area contributed by atoms with Crippen molar-refractivity contribution in [2.75, 3.05) is 19.8 Å². The lowest BCUT2D eigenvalue weighted by Gasteiger charge is -2.35. The van der Waals surface area contributed by atoms with E-state index in [1.807, 2.05) is 0 Å². The smallest absolute Gasteiger partial charge is 0.0892 e. The maximum absolute atomic E-state index is 5.72. The van der Waals surface area contributed by atoms with Gasteiger partial charge < -0.3 is 10.1 Å². The van der Waals surface area contributed by atoms with Crippen LogP contribution in [0.3, 0.4) is 0 Å². The molecular weight excluding hydrogens is 234 g/mol. The van der Waals surface area contributed by atoms with Gasteiger partial charge in [0, 0.05) is 25.4 Å². The summed E-state index contributed by atoms with van der Waals surface area (Å²) in [6.07, 6.45) is 8.34. The molecule has 0 aromatic rings. The van der Waals surface area contributed by atoms with Crippen LogP contribution >= 0.6 is 0 Å². The molecule has 2 saturated carbocycles. The number of hydrogen-bond donors (Lipinski definition) is 1. The fourth-order valence-corrected chi connectivity index (χ4v) is 3.60. The molecule has 0 unspecified atom stereocenters. The van der Waals surface area contributed by atoms with Crippen molar-refractivity contribution in [3.8, 4) is 0 Å². The van der Waals surface area contributed by atoms with Gasteiger partial charge in [-0.05, 0) is 43.4 Å². The lowest BCUT2D eigenvalue weighted by molar-refractivity contribution is -0.700. The van der Waals surface area contributed by atoms with Crippen molar-refractivity contribution in [2.45, 2.75) is 65.3 Å². The quantitative estimate of drug-likeness (QED) is 0.673. The van der Waals surface area contributed by atoms with Gasteiger partial charge in [-0.3, -0.25) is 0 Å². The van der Waals surface area contributed by atoms with Gasteiger partial charge in [-0.25, -0.2) is 0 Å². The Hall–Kier alpha value is -0.0800. The van der Waals surface area contributed by atoms with E-state index in [-0.39, 0.29) is 0 Å². The Morgan fingerprint density at radius 1 is 1.16 bits per heavy atom. The summed E-state index contributed by atoms with van der Waals surface area (Å²) in [6, 6.07) is 0.868. The first-order valence-electron chi connectivity index (χ1n) is 8.58. The maximum Gasteiger partial charge on any atom is 0.0892 e. The zero-order chi connectivity index (χ0) is 13.7. The summed E-state index contributed by atoms with van der Waals surface area (Å²) >= 11 is 0. The topological polar surface area (TPSA) is 25.8 Å². The summed E-state index contributed by atoms with van der Waals surface area (Å²) in [7, 11) is 0. The van der Waals surface area contributed by atoms with E-state index in [9.17, 15) is 0 Å². The predicted molar refractivity (Wildman–Crippen MR) is 80.1 cm³/mol. The van der Waals surface area contributed by atoms with Crippen molar-refractivity contribution in [3.05, 3.63) is 0 Å². The van der Waals surface area contributed by atoms with Crippen LogP contribution in [0, 0.1) is 23.7 Å². The summed E-state index contributed by atoms with van der Waals surface area (Å²) in [4.78, 5) is 0. The van der Waals surface area contributed by atoms with Gasteiger partial charge in [0.05, 0.1) is 19.2 Å². The second-order valence-electron chi connectivity index (χ2n) is 7.39. The van der Waals surface area contributed by atoms with E-state index in [0.29, 0.717) is 0 Å². The van der Waals surface area contributed by atoms with Crippen LogP contribution in [0.15, 0.2) is 0 Å². The van der Waals surface area contributed by atoms with Gasteiger partial charge in [-0.15, -0.1) is 0 Å². The number of hydrogen-bond acceptors (Lipinski definition) is 1. The zero-order valence-corrected chi connectivity index (χ0v) is 13.2. The molecule has 0 spiro atoms. The Morgan fingerprint density at radius 2 is 1.95 bits per heavy atom. The SMILES string of the molecule is CC(C)[C@H]1CC[C@H](C)C[C@H]1[NH2+]CCCOCC1CC1. The monoisotopic (exact) mass is 268 g/mol. The molecule has 0 aromatic heterocycles. The molecule has 2 aliphatic rings. The average Bonchev–Trinajstić information content (AvgIpc) is 3.17. The van der Waals surface area contributed by atoms with Gasteiger partial charge in [0.1, 0.15) is 0 Å². The van der Waals surface area contributed by atoms with Crippen LogP contribution in [0.4, 0.5) is 0 Å². The van der Waals surface area contributed by atoms with E-state index < -0.39 is 0 Å². The minimum atomic E-state index is 0.847. The summed E-state index contributed by atoms with van der Waals surface area (Å²) in [5, 5.41) is 2.63. The standard InChI is InChI=1S/C17H33NO/c1-13(2)16-8-5-14(3)11-17(16)18-9-4-10-19-12-15-6-7-15/h13-18H,4-12H2,1-3H3/p+1/t14-,16+,17+/m0/s1. The highest BCUT2D eigenvalue weighted by Gasteiger charge is 2.32. The molecule has 0 bridgehead atoms. The molecule has 0 amide bonds. The Kier molecular flexibility index (Phi) is 6.15. The van der Waals surface area contributed by atoms with Crippen molar-refractivity contribution in [3.63, 3.8) is 0 Å². The van der Waals surface area contributed by atoms with E-state index in [4.69, 9.17) is 4.74 Å². The first-order chi connectivity index (χ1) is 9.16. The molecule has 112 valence electrons. The summed E-state index contributed by atoms with van der Waals surface area (Å²) in [5.41, 5.74) is 0. The van der Waals surface area contributed by atoms with Gasteiger partial charge in [0.15, 0.2) is 0 Å². The highest BCUT2D eigenvalue weighted by molar-refractivity contribution is 4.79. The fraction of sp³-hybridized carbons (Fsp3) is 1.00. The first-order valence-corrected chi connectivity index (χ1v) is 8.58. The third kappa shape index (κ3) is 5.43. The minimum Gasteiger partial charge on any atom is -0.381 e. The van der Waals surface area contributed by atoms with E-state index >= 15 is 0 Å². The van der Waals surface area contributed by atoms with E-state index in [1.54, 1.807) is 0 Å². The number of rotatable bonds is 8. The molecule has 2 heteroatoms. The predicted octanol–water partition coefficient (Wildman–Crippen LogP) is 2.83. The minimum absolute atomic E-state index is 0.847. The largest absolute Gasteiger partial charge is 0.381 e. The summed E-state index contributed by atoms with van der Waals surface area (Å²) in [5.74, 6) is 3.62. The second-order valence-corrected chi connectivity index (χ2v) is 7.39. The molecule has 0 saturated heterocycles. The highest BCUT2D eigenvalue weighted by Crippen LogP contribution is 2.31. The van der Waals surface area contributed by atoms with Gasteiger partial charge in [0.2, 0.25) is 0 Å². The van der Waals surface area contributed by atoms with Crippen molar-refractivity contribution >= 4 is 0 Å². The molecule has 19 heavy (non-hydrogen) atoms. The molecule has 2 nitrogen and oxygen atoms in total. The third-order valence-electron chi connectivity index (χ3n) is 5.09.